The van der Waals surface area contributed by atoms with Crippen LogP contribution in [-0.2, 0) is 7.05 Å². The Hall–Kier alpha value is -3.79. The van der Waals surface area contributed by atoms with Crippen LogP contribution in [0, 0.1) is 5.82 Å². The minimum Gasteiger partial charge on any atom is -0.393 e. The number of H-pyrrole nitrogens is 1. The zero-order valence-electron chi connectivity index (χ0n) is 17.4. The predicted molar refractivity (Wildman–Crippen MR) is 118 cm³/mol. The number of pyridine rings is 1. The number of nitrogens with one attached hydrogen (secondary N) is 2. The van der Waals surface area contributed by atoms with Crippen LogP contribution in [0.25, 0.3) is 22.6 Å². The topological polar surface area (TPSA) is 112 Å². The molecule has 10 heteroatoms. The summed E-state index contributed by atoms with van der Waals surface area (Å²) in [4.78, 5) is 26.6. The number of halogens is 1. The lowest BCUT2D eigenvalue weighted by atomic mass is 10.1. The van der Waals surface area contributed by atoms with Gasteiger partial charge in [0.1, 0.15) is 17.0 Å². The minimum absolute atomic E-state index is 0.252. The Morgan fingerprint density at radius 2 is 2.06 bits per heavy atom. The van der Waals surface area contributed by atoms with Crippen LogP contribution in [0.3, 0.4) is 0 Å². The van der Waals surface area contributed by atoms with E-state index in [1.807, 2.05) is 0 Å². The van der Waals surface area contributed by atoms with Crippen LogP contribution in [0.4, 0.5) is 16.0 Å². The fourth-order valence-electron chi connectivity index (χ4n) is 3.86. The van der Waals surface area contributed by atoms with Gasteiger partial charge in [0.05, 0.1) is 17.2 Å². The molecule has 1 saturated heterocycles. The van der Waals surface area contributed by atoms with E-state index in [0.29, 0.717) is 41.3 Å². The van der Waals surface area contributed by atoms with Crippen molar-refractivity contribution >= 4 is 28.6 Å². The fourth-order valence-corrected chi connectivity index (χ4v) is 3.86. The maximum atomic E-state index is 14.0. The highest BCUT2D eigenvalue weighted by molar-refractivity contribution is 6.03. The smallest absolute Gasteiger partial charge is 0.258 e. The number of anilines is 2. The Morgan fingerprint density at radius 3 is 2.78 bits per heavy atom. The molecular formula is C22H22FN7O2. The second kappa shape index (κ2) is 8.04. The third-order valence-electron chi connectivity index (χ3n) is 5.63. The molecule has 1 aromatic carbocycles. The molecule has 9 nitrogen and oxygen atoms in total. The van der Waals surface area contributed by atoms with Crippen LogP contribution in [0.1, 0.15) is 23.2 Å². The number of piperidine rings is 1. The number of nitrogens with zero attached hydrogens (tertiary/aromatic N) is 5. The van der Waals surface area contributed by atoms with Crippen molar-refractivity contribution in [2.24, 2.45) is 7.05 Å². The van der Waals surface area contributed by atoms with Gasteiger partial charge in [-0.2, -0.15) is 5.10 Å². The van der Waals surface area contributed by atoms with Gasteiger partial charge in [0, 0.05) is 32.4 Å². The van der Waals surface area contributed by atoms with E-state index in [2.05, 4.69) is 30.3 Å². The number of amides is 1. The normalized spacial score (nSPS) is 14.8. The second-order valence-corrected chi connectivity index (χ2v) is 7.84. The molecule has 0 unspecified atom stereocenters. The van der Waals surface area contributed by atoms with Crippen molar-refractivity contribution in [1.29, 1.82) is 0 Å². The summed E-state index contributed by atoms with van der Waals surface area (Å²) in [6.07, 6.45) is 2.70. The Bertz CT molecular complexity index is 1270. The van der Waals surface area contributed by atoms with E-state index in [-0.39, 0.29) is 17.5 Å². The van der Waals surface area contributed by atoms with E-state index in [1.54, 1.807) is 42.1 Å². The lowest BCUT2D eigenvalue weighted by molar-refractivity contribution is 0.102. The molecule has 0 saturated carbocycles. The van der Waals surface area contributed by atoms with Gasteiger partial charge in [-0.05, 0) is 37.1 Å². The Kier molecular flexibility index (Phi) is 5.06. The zero-order valence-corrected chi connectivity index (χ0v) is 17.4. The summed E-state index contributed by atoms with van der Waals surface area (Å²) in [6.45, 7) is 1.48. The lowest BCUT2D eigenvalue weighted by Gasteiger charge is -2.30. The number of carbonyl (C=O) groups excluding carboxylic acids is 1. The molecule has 1 fully saturated rings. The van der Waals surface area contributed by atoms with Crippen LogP contribution in [-0.4, -0.2) is 54.9 Å². The average Bonchev–Trinajstić information content (AvgIpc) is 3.38. The van der Waals surface area contributed by atoms with E-state index in [0.717, 1.165) is 18.9 Å². The zero-order chi connectivity index (χ0) is 22.2. The van der Waals surface area contributed by atoms with Crippen molar-refractivity contribution in [2.45, 2.75) is 18.9 Å². The minimum atomic E-state index is -0.405. The number of aryl methyl sites for hydroxylation is 1. The standard InChI is InChI=1S/C22H22FN7O2/c1-29-17(21-25-16-4-2-3-15(23)20(16)27-21)11-18(28-29)26-22(32)13-5-6-19(24-12-13)30-9-7-14(31)8-10-30/h2-6,11-12,14,31H,7-10H2,1H3,(H,25,27)(H,26,28,32). The van der Waals surface area contributed by atoms with E-state index in [9.17, 15) is 14.3 Å². The molecule has 3 N–H and O–H groups in total. The van der Waals surface area contributed by atoms with Crippen molar-refractivity contribution in [3.8, 4) is 11.5 Å². The van der Waals surface area contributed by atoms with Gasteiger partial charge in [-0.25, -0.2) is 14.4 Å². The number of hydrogen-bond donors (Lipinski definition) is 3. The van der Waals surface area contributed by atoms with Gasteiger partial charge in [0.25, 0.3) is 5.91 Å². The summed E-state index contributed by atoms with van der Waals surface area (Å²) in [5.41, 5.74) is 1.85. The molecule has 4 heterocycles. The molecule has 0 bridgehead atoms. The van der Waals surface area contributed by atoms with Crippen LogP contribution in [0.15, 0.2) is 42.6 Å². The van der Waals surface area contributed by atoms with E-state index in [1.165, 1.54) is 12.3 Å². The van der Waals surface area contributed by atoms with Crippen molar-refractivity contribution < 1.29 is 14.3 Å². The number of aromatic amines is 1. The van der Waals surface area contributed by atoms with Gasteiger partial charge in [-0.15, -0.1) is 0 Å². The molecular weight excluding hydrogens is 413 g/mol. The molecule has 0 atom stereocenters. The van der Waals surface area contributed by atoms with Crippen molar-refractivity contribution in [3.05, 3.63) is 54.0 Å². The third kappa shape index (κ3) is 3.80. The van der Waals surface area contributed by atoms with Gasteiger partial charge >= 0.3 is 0 Å². The Labute approximate surface area is 182 Å². The molecule has 5 rings (SSSR count). The molecule has 4 aromatic rings. The van der Waals surface area contributed by atoms with Gasteiger partial charge in [-0.1, -0.05) is 6.07 Å². The predicted octanol–water partition coefficient (Wildman–Crippen LogP) is 2.71. The number of fused-ring (bicyclic) bond motifs is 1. The molecule has 0 aliphatic carbocycles. The number of carbonyl (C=O) groups is 1. The van der Waals surface area contributed by atoms with Crippen LogP contribution < -0.4 is 10.2 Å². The Balaban J connectivity index is 1.31. The van der Waals surface area contributed by atoms with Crippen LogP contribution in [0.5, 0.6) is 0 Å². The van der Waals surface area contributed by atoms with Crippen molar-refractivity contribution in [2.75, 3.05) is 23.3 Å². The molecule has 1 aliphatic rings. The number of benzene rings is 1. The Morgan fingerprint density at radius 1 is 1.25 bits per heavy atom. The number of rotatable bonds is 4. The first-order valence-electron chi connectivity index (χ1n) is 10.4. The third-order valence-corrected chi connectivity index (χ3v) is 5.63. The summed E-state index contributed by atoms with van der Waals surface area (Å²) in [6, 6.07) is 9.91. The number of aliphatic hydroxyl groups is 1. The summed E-state index contributed by atoms with van der Waals surface area (Å²) >= 11 is 0. The van der Waals surface area contributed by atoms with Gasteiger partial charge in [0.2, 0.25) is 0 Å². The number of aromatic nitrogens is 5. The van der Waals surface area contributed by atoms with Crippen molar-refractivity contribution in [1.82, 2.24) is 24.7 Å². The van der Waals surface area contributed by atoms with E-state index >= 15 is 0 Å². The molecule has 3 aromatic heterocycles. The number of hydrogen-bond acceptors (Lipinski definition) is 6. The molecule has 0 radical (unpaired) electrons. The molecule has 164 valence electrons. The summed E-state index contributed by atoms with van der Waals surface area (Å²) < 4.78 is 15.5. The number of para-hydroxylation sites is 1. The van der Waals surface area contributed by atoms with E-state index < -0.39 is 5.82 Å². The lowest BCUT2D eigenvalue weighted by Crippen LogP contribution is -2.36. The monoisotopic (exact) mass is 435 g/mol. The summed E-state index contributed by atoms with van der Waals surface area (Å²) in [7, 11) is 1.72. The first kappa shape index (κ1) is 20.1. The molecule has 0 spiro atoms. The fraction of sp³-hybridized carbons (Fsp3) is 0.273. The maximum absolute atomic E-state index is 14.0. The van der Waals surface area contributed by atoms with Crippen LogP contribution in [0.2, 0.25) is 0 Å². The van der Waals surface area contributed by atoms with Crippen molar-refractivity contribution in [3.63, 3.8) is 0 Å². The molecule has 32 heavy (non-hydrogen) atoms. The van der Waals surface area contributed by atoms with Gasteiger partial charge in [-0.3, -0.25) is 9.48 Å². The first-order chi connectivity index (χ1) is 15.5. The van der Waals surface area contributed by atoms with Gasteiger partial charge in [0.15, 0.2) is 17.5 Å². The number of imidazole rings is 1. The highest BCUT2D eigenvalue weighted by Crippen LogP contribution is 2.24. The largest absolute Gasteiger partial charge is 0.393 e. The highest BCUT2D eigenvalue weighted by atomic mass is 19.1. The summed E-state index contributed by atoms with van der Waals surface area (Å²) in [5, 5.41) is 16.7. The molecule has 1 aliphatic heterocycles. The van der Waals surface area contributed by atoms with E-state index in [4.69, 9.17) is 0 Å². The van der Waals surface area contributed by atoms with Crippen LogP contribution >= 0.6 is 0 Å². The quantitative estimate of drug-likeness (QED) is 0.454. The maximum Gasteiger partial charge on any atom is 0.258 e. The summed E-state index contributed by atoms with van der Waals surface area (Å²) in [5.74, 6) is 0.849. The average molecular weight is 435 g/mol. The highest BCUT2D eigenvalue weighted by Gasteiger charge is 2.19. The first-order valence-corrected chi connectivity index (χ1v) is 10.4. The second-order valence-electron chi connectivity index (χ2n) is 7.84. The SMILES string of the molecule is Cn1nc(NC(=O)c2ccc(N3CCC(O)CC3)nc2)cc1-c1nc2c(F)cccc2[nH]1. The van der Waals surface area contributed by atoms with Gasteiger partial charge < -0.3 is 20.3 Å². The number of aliphatic hydroxyl groups excluding tert-OH is 1. The molecule has 1 amide bonds.